The summed E-state index contributed by atoms with van der Waals surface area (Å²) in [6.45, 7) is 4.22. The van der Waals surface area contributed by atoms with Gasteiger partial charge in [0.25, 0.3) is 0 Å². The van der Waals surface area contributed by atoms with Gasteiger partial charge in [-0.15, -0.1) is 0 Å². The molecule has 1 atom stereocenters. The Labute approximate surface area is 72.0 Å². The van der Waals surface area contributed by atoms with Crippen LogP contribution in [-0.4, -0.2) is 16.7 Å². The highest BCUT2D eigenvalue weighted by atomic mass is 16.5. The molecule has 0 saturated carbocycles. The Balaban J connectivity index is 2.71. The van der Waals surface area contributed by atoms with Crippen LogP contribution in [0.1, 0.15) is 25.5 Å². The number of nitrogens with zero attached hydrogens (tertiary/aromatic N) is 1. The quantitative estimate of drug-likeness (QED) is 0.742. The highest BCUT2D eigenvalue weighted by Crippen LogP contribution is 2.13. The van der Waals surface area contributed by atoms with Gasteiger partial charge in [-0.2, -0.15) is 0 Å². The minimum Gasteiger partial charge on any atom is -0.478 e. The molecular formula is C9H13NO2. The summed E-state index contributed by atoms with van der Waals surface area (Å²) in [5.74, 6) is 0.599. The fourth-order valence-electron chi connectivity index (χ4n) is 0.872. The Morgan fingerprint density at radius 1 is 1.58 bits per heavy atom. The fourth-order valence-corrected chi connectivity index (χ4v) is 0.872. The van der Waals surface area contributed by atoms with E-state index in [4.69, 9.17) is 9.84 Å². The Morgan fingerprint density at radius 2 is 2.33 bits per heavy atom. The van der Waals surface area contributed by atoms with Crippen molar-refractivity contribution in [2.75, 3.05) is 6.61 Å². The largest absolute Gasteiger partial charge is 0.478 e. The molecule has 0 aromatic carbocycles. The van der Waals surface area contributed by atoms with E-state index in [-0.39, 0.29) is 0 Å². The molecule has 0 aliphatic rings. The summed E-state index contributed by atoms with van der Waals surface area (Å²) in [5.41, 5.74) is 0.804. The zero-order chi connectivity index (χ0) is 8.97. The van der Waals surface area contributed by atoms with Crippen molar-refractivity contribution in [1.82, 2.24) is 4.98 Å². The number of aliphatic hydroxyl groups is 1. The lowest BCUT2D eigenvalue weighted by Gasteiger charge is -2.05. The lowest BCUT2D eigenvalue weighted by Crippen LogP contribution is -1.96. The van der Waals surface area contributed by atoms with E-state index in [2.05, 4.69) is 4.98 Å². The molecule has 0 fully saturated rings. The maximum Gasteiger partial charge on any atom is 0.213 e. The normalized spacial score (nSPS) is 12.6. The Morgan fingerprint density at radius 3 is 2.75 bits per heavy atom. The highest BCUT2D eigenvalue weighted by Gasteiger charge is 2.00. The summed E-state index contributed by atoms with van der Waals surface area (Å²) >= 11 is 0. The van der Waals surface area contributed by atoms with Gasteiger partial charge < -0.3 is 9.84 Å². The topological polar surface area (TPSA) is 42.4 Å². The van der Waals surface area contributed by atoms with Crippen LogP contribution in [0.5, 0.6) is 5.88 Å². The van der Waals surface area contributed by atoms with Gasteiger partial charge in [-0.3, -0.25) is 0 Å². The summed E-state index contributed by atoms with van der Waals surface area (Å²) in [7, 11) is 0. The third-order valence-corrected chi connectivity index (χ3v) is 1.53. The number of aromatic nitrogens is 1. The molecule has 1 aromatic rings. The molecule has 0 spiro atoms. The predicted octanol–water partition coefficient (Wildman–Crippen LogP) is 1.53. The summed E-state index contributed by atoms with van der Waals surface area (Å²) in [6, 6.07) is 3.56. The van der Waals surface area contributed by atoms with Crippen LogP contribution in [0.15, 0.2) is 18.3 Å². The second-order valence-corrected chi connectivity index (χ2v) is 2.54. The molecule has 0 aliphatic carbocycles. The van der Waals surface area contributed by atoms with E-state index in [0.717, 1.165) is 5.56 Å². The monoisotopic (exact) mass is 167 g/mol. The van der Waals surface area contributed by atoms with Crippen molar-refractivity contribution in [2.24, 2.45) is 0 Å². The fraction of sp³-hybridized carbons (Fsp3) is 0.444. The number of aliphatic hydroxyl groups excluding tert-OH is 1. The summed E-state index contributed by atoms with van der Waals surface area (Å²) in [6.07, 6.45) is 1.16. The lowest BCUT2D eigenvalue weighted by atomic mass is 10.2. The number of ether oxygens (including phenoxy) is 1. The first-order valence-electron chi connectivity index (χ1n) is 4.01. The van der Waals surface area contributed by atoms with E-state index >= 15 is 0 Å². The van der Waals surface area contributed by atoms with Crippen LogP contribution in [0.3, 0.4) is 0 Å². The maximum absolute atomic E-state index is 9.16. The van der Waals surface area contributed by atoms with Gasteiger partial charge in [-0.05, 0) is 25.5 Å². The molecule has 3 heteroatoms. The molecule has 3 nitrogen and oxygen atoms in total. The number of rotatable bonds is 3. The van der Waals surface area contributed by atoms with Crippen molar-refractivity contribution in [3.05, 3.63) is 23.9 Å². The van der Waals surface area contributed by atoms with E-state index in [1.165, 1.54) is 0 Å². The van der Waals surface area contributed by atoms with Gasteiger partial charge in [0.1, 0.15) is 0 Å². The Kier molecular flexibility index (Phi) is 3.05. The summed E-state index contributed by atoms with van der Waals surface area (Å²) < 4.78 is 5.15. The molecule has 0 radical (unpaired) electrons. The molecule has 0 amide bonds. The molecule has 1 rings (SSSR count). The molecular weight excluding hydrogens is 154 g/mol. The second-order valence-electron chi connectivity index (χ2n) is 2.54. The van der Waals surface area contributed by atoms with Crippen LogP contribution >= 0.6 is 0 Å². The molecule has 0 saturated heterocycles. The zero-order valence-corrected chi connectivity index (χ0v) is 7.32. The van der Waals surface area contributed by atoms with Gasteiger partial charge in [0.15, 0.2) is 0 Å². The smallest absolute Gasteiger partial charge is 0.213 e. The second kappa shape index (κ2) is 4.07. The molecule has 0 bridgehead atoms. The van der Waals surface area contributed by atoms with Crippen molar-refractivity contribution >= 4 is 0 Å². The van der Waals surface area contributed by atoms with E-state index in [1.807, 2.05) is 13.0 Å². The molecule has 1 aromatic heterocycles. The van der Waals surface area contributed by atoms with Gasteiger partial charge in [-0.25, -0.2) is 4.98 Å². The van der Waals surface area contributed by atoms with Crippen molar-refractivity contribution in [1.29, 1.82) is 0 Å². The molecule has 66 valence electrons. The van der Waals surface area contributed by atoms with E-state index in [0.29, 0.717) is 12.5 Å². The minimum atomic E-state index is -0.465. The Hall–Kier alpha value is -1.09. The van der Waals surface area contributed by atoms with E-state index in [1.54, 1.807) is 19.2 Å². The minimum absolute atomic E-state index is 0.465. The van der Waals surface area contributed by atoms with Gasteiger partial charge in [-0.1, -0.05) is 0 Å². The SMILES string of the molecule is CCOc1ccc([C@H](C)O)cn1. The van der Waals surface area contributed by atoms with E-state index in [9.17, 15) is 0 Å². The van der Waals surface area contributed by atoms with Gasteiger partial charge in [0, 0.05) is 12.3 Å². The lowest BCUT2D eigenvalue weighted by molar-refractivity contribution is 0.198. The van der Waals surface area contributed by atoms with Crippen LogP contribution < -0.4 is 4.74 Å². The summed E-state index contributed by atoms with van der Waals surface area (Å²) in [4.78, 5) is 4.01. The van der Waals surface area contributed by atoms with Crippen LogP contribution in [0.2, 0.25) is 0 Å². The molecule has 1 N–H and O–H groups in total. The number of hydrogen-bond acceptors (Lipinski definition) is 3. The first-order valence-corrected chi connectivity index (χ1v) is 4.01. The average Bonchev–Trinajstić information content (AvgIpc) is 2.06. The summed E-state index contributed by atoms with van der Waals surface area (Å²) in [5, 5.41) is 9.16. The standard InChI is InChI=1S/C9H13NO2/c1-3-12-9-5-4-8(6-10-9)7(2)11/h4-7,11H,3H2,1-2H3/t7-/m0/s1. The average molecular weight is 167 g/mol. The van der Waals surface area contributed by atoms with E-state index < -0.39 is 6.10 Å². The van der Waals surface area contributed by atoms with Crippen LogP contribution in [-0.2, 0) is 0 Å². The van der Waals surface area contributed by atoms with Crippen LogP contribution in [0.4, 0.5) is 0 Å². The molecule has 0 aliphatic heterocycles. The van der Waals surface area contributed by atoms with Gasteiger partial charge in [0.05, 0.1) is 12.7 Å². The number of hydrogen-bond donors (Lipinski definition) is 1. The zero-order valence-electron chi connectivity index (χ0n) is 7.32. The van der Waals surface area contributed by atoms with Crippen molar-refractivity contribution in [3.8, 4) is 5.88 Å². The molecule has 0 unspecified atom stereocenters. The maximum atomic E-state index is 9.16. The van der Waals surface area contributed by atoms with Crippen molar-refractivity contribution in [3.63, 3.8) is 0 Å². The molecule has 1 heterocycles. The van der Waals surface area contributed by atoms with Crippen molar-refractivity contribution in [2.45, 2.75) is 20.0 Å². The third-order valence-electron chi connectivity index (χ3n) is 1.53. The highest BCUT2D eigenvalue weighted by molar-refractivity contribution is 5.19. The van der Waals surface area contributed by atoms with Crippen LogP contribution in [0, 0.1) is 0 Å². The first-order chi connectivity index (χ1) is 5.74. The third kappa shape index (κ3) is 2.20. The first kappa shape index (κ1) is 9.00. The van der Waals surface area contributed by atoms with Gasteiger partial charge >= 0.3 is 0 Å². The Bertz CT molecular complexity index is 231. The van der Waals surface area contributed by atoms with Crippen LogP contribution in [0.25, 0.3) is 0 Å². The predicted molar refractivity (Wildman–Crippen MR) is 46.0 cm³/mol. The number of pyridine rings is 1. The molecule has 12 heavy (non-hydrogen) atoms. The van der Waals surface area contributed by atoms with Gasteiger partial charge in [0.2, 0.25) is 5.88 Å². The van der Waals surface area contributed by atoms with Crippen molar-refractivity contribution < 1.29 is 9.84 Å².